The van der Waals surface area contributed by atoms with Crippen molar-refractivity contribution in [2.45, 2.75) is 18.0 Å². The summed E-state index contributed by atoms with van der Waals surface area (Å²) in [7, 11) is 1.60. The van der Waals surface area contributed by atoms with E-state index in [9.17, 15) is 4.79 Å². The van der Waals surface area contributed by atoms with Gasteiger partial charge in [0.2, 0.25) is 5.91 Å². The van der Waals surface area contributed by atoms with E-state index in [2.05, 4.69) is 10.3 Å². The minimum absolute atomic E-state index is 0.00676. The van der Waals surface area contributed by atoms with Gasteiger partial charge >= 0.3 is 0 Å². The Balaban J connectivity index is 2.36. The second-order valence-corrected chi connectivity index (χ2v) is 4.87. The molecular formula is C11H15ClN2O2S. The molecule has 94 valence electrons. The van der Waals surface area contributed by atoms with Crippen LogP contribution in [0.4, 0.5) is 0 Å². The van der Waals surface area contributed by atoms with Crippen LogP contribution >= 0.6 is 23.4 Å². The summed E-state index contributed by atoms with van der Waals surface area (Å²) >= 11 is 7.25. The van der Waals surface area contributed by atoms with E-state index >= 15 is 0 Å². The van der Waals surface area contributed by atoms with Crippen molar-refractivity contribution < 1.29 is 9.53 Å². The molecule has 0 fully saturated rings. The fourth-order valence-corrected chi connectivity index (χ4v) is 2.20. The van der Waals surface area contributed by atoms with Crippen molar-refractivity contribution in [2.75, 3.05) is 19.5 Å². The van der Waals surface area contributed by atoms with Crippen molar-refractivity contribution in [2.24, 2.45) is 0 Å². The number of carbonyl (C=O) groups excluding carboxylic acids is 1. The molecule has 1 N–H and O–H groups in total. The normalized spacial score (nSPS) is 12.2. The van der Waals surface area contributed by atoms with Gasteiger partial charge in [-0.2, -0.15) is 0 Å². The van der Waals surface area contributed by atoms with Gasteiger partial charge in [0.1, 0.15) is 5.03 Å². The summed E-state index contributed by atoms with van der Waals surface area (Å²) in [5.74, 6) is 0.242. The summed E-state index contributed by atoms with van der Waals surface area (Å²) < 4.78 is 4.93. The summed E-state index contributed by atoms with van der Waals surface area (Å²) in [6.07, 6.45) is 1.65. The van der Waals surface area contributed by atoms with E-state index in [0.29, 0.717) is 22.4 Å². The lowest BCUT2D eigenvalue weighted by Crippen LogP contribution is -2.36. The molecule has 0 bridgehead atoms. The molecule has 0 unspecified atom stereocenters. The fraction of sp³-hybridized carbons (Fsp3) is 0.455. The summed E-state index contributed by atoms with van der Waals surface area (Å²) in [4.78, 5) is 15.6. The average molecular weight is 275 g/mol. The number of hydrogen-bond donors (Lipinski definition) is 1. The van der Waals surface area contributed by atoms with Gasteiger partial charge in [-0.3, -0.25) is 4.79 Å². The number of nitrogens with one attached hydrogen (secondary N) is 1. The van der Waals surface area contributed by atoms with Crippen molar-refractivity contribution in [3.05, 3.63) is 23.4 Å². The molecule has 0 saturated carbocycles. The summed E-state index contributed by atoms with van der Waals surface area (Å²) in [5, 5.41) is 4.05. The van der Waals surface area contributed by atoms with E-state index in [0.717, 1.165) is 0 Å². The van der Waals surface area contributed by atoms with E-state index in [1.54, 1.807) is 25.4 Å². The molecule has 17 heavy (non-hydrogen) atoms. The molecule has 1 heterocycles. The maximum Gasteiger partial charge on any atom is 0.230 e. The van der Waals surface area contributed by atoms with E-state index in [-0.39, 0.29) is 11.9 Å². The van der Waals surface area contributed by atoms with Crippen LogP contribution in [0.2, 0.25) is 5.02 Å². The Morgan fingerprint density at radius 3 is 3.12 bits per heavy atom. The highest BCUT2D eigenvalue weighted by atomic mass is 35.5. The zero-order valence-electron chi connectivity index (χ0n) is 9.77. The van der Waals surface area contributed by atoms with E-state index in [1.165, 1.54) is 11.8 Å². The topological polar surface area (TPSA) is 51.2 Å². The molecule has 6 heteroatoms. The second-order valence-electron chi connectivity index (χ2n) is 3.50. The molecule has 1 atom stereocenters. The van der Waals surface area contributed by atoms with Crippen molar-refractivity contribution >= 4 is 29.3 Å². The maximum absolute atomic E-state index is 11.6. The maximum atomic E-state index is 11.6. The Morgan fingerprint density at radius 2 is 2.47 bits per heavy atom. The molecule has 0 aliphatic heterocycles. The molecule has 0 aliphatic rings. The molecule has 1 aromatic rings. The van der Waals surface area contributed by atoms with E-state index < -0.39 is 0 Å². The van der Waals surface area contributed by atoms with Crippen LogP contribution in [0.15, 0.2) is 23.4 Å². The van der Waals surface area contributed by atoms with E-state index in [4.69, 9.17) is 16.3 Å². The van der Waals surface area contributed by atoms with E-state index in [1.807, 2.05) is 6.92 Å². The Bertz CT molecular complexity index is 376. The highest BCUT2D eigenvalue weighted by molar-refractivity contribution is 8.00. The van der Waals surface area contributed by atoms with Gasteiger partial charge < -0.3 is 10.1 Å². The molecule has 1 rings (SSSR count). The number of methoxy groups -OCH3 is 1. The number of ether oxygens (including phenoxy) is 1. The smallest absolute Gasteiger partial charge is 0.230 e. The summed E-state index contributed by atoms with van der Waals surface area (Å²) in [6, 6.07) is 3.52. The molecule has 0 spiro atoms. The number of carbonyl (C=O) groups is 1. The highest BCUT2D eigenvalue weighted by Gasteiger charge is 2.09. The number of rotatable bonds is 6. The van der Waals surface area contributed by atoms with Gasteiger partial charge in [-0.05, 0) is 19.1 Å². The van der Waals surface area contributed by atoms with Gasteiger partial charge in [0.05, 0.1) is 17.4 Å². The largest absolute Gasteiger partial charge is 0.383 e. The number of hydrogen-bond acceptors (Lipinski definition) is 4. The predicted octanol–water partition coefficient (Wildman–Crippen LogP) is 1.98. The van der Waals surface area contributed by atoms with Gasteiger partial charge in [0.15, 0.2) is 0 Å². The van der Waals surface area contributed by atoms with Crippen LogP contribution in [0.3, 0.4) is 0 Å². The van der Waals surface area contributed by atoms with Crippen molar-refractivity contribution in [3.8, 4) is 0 Å². The molecule has 1 aromatic heterocycles. The van der Waals surface area contributed by atoms with Crippen LogP contribution < -0.4 is 5.32 Å². The molecule has 0 saturated heterocycles. The molecule has 4 nitrogen and oxygen atoms in total. The van der Waals surface area contributed by atoms with Crippen molar-refractivity contribution in [1.82, 2.24) is 10.3 Å². The minimum atomic E-state index is -0.0544. The molecule has 0 aliphatic carbocycles. The lowest BCUT2D eigenvalue weighted by Gasteiger charge is -2.12. The van der Waals surface area contributed by atoms with Gasteiger partial charge in [0.25, 0.3) is 0 Å². The van der Waals surface area contributed by atoms with Crippen LogP contribution in [0.25, 0.3) is 0 Å². The molecular weight excluding hydrogens is 260 g/mol. The summed E-state index contributed by atoms with van der Waals surface area (Å²) in [5.41, 5.74) is 0. The van der Waals surface area contributed by atoms with Crippen LogP contribution in [0.1, 0.15) is 6.92 Å². The molecule has 0 aromatic carbocycles. The number of thioether (sulfide) groups is 1. The first-order chi connectivity index (χ1) is 8.13. The van der Waals surface area contributed by atoms with Gasteiger partial charge in [-0.15, -0.1) is 0 Å². The average Bonchev–Trinajstić information content (AvgIpc) is 2.28. The quantitative estimate of drug-likeness (QED) is 0.806. The Hall–Kier alpha value is -0.780. The lowest BCUT2D eigenvalue weighted by molar-refractivity contribution is -0.119. The first-order valence-corrected chi connectivity index (χ1v) is 6.51. The predicted molar refractivity (Wildman–Crippen MR) is 69.5 cm³/mol. The third-order valence-electron chi connectivity index (χ3n) is 1.89. The molecule has 0 radical (unpaired) electrons. The number of halogens is 1. The van der Waals surface area contributed by atoms with Crippen molar-refractivity contribution in [1.29, 1.82) is 0 Å². The Morgan fingerprint density at radius 1 is 1.71 bits per heavy atom. The number of amides is 1. The second kappa shape index (κ2) is 7.53. The first-order valence-electron chi connectivity index (χ1n) is 5.15. The fourth-order valence-electron chi connectivity index (χ4n) is 1.22. The monoisotopic (exact) mass is 274 g/mol. The third kappa shape index (κ3) is 5.39. The number of nitrogens with zero attached hydrogens (tertiary/aromatic N) is 1. The van der Waals surface area contributed by atoms with Crippen molar-refractivity contribution in [3.63, 3.8) is 0 Å². The van der Waals surface area contributed by atoms with Gasteiger partial charge in [-0.1, -0.05) is 23.4 Å². The van der Waals surface area contributed by atoms with Gasteiger partial charge in [0, 0.05) is 19.3 Å². The zero-order chi connectivity index (χ0) is 12.7. The number of aromatic nitrogens is 1. The zero-order valence-corrected chi connectivity index (χ0v) is 11.3. The molecule has 1 amide bonds. The first kappa shape index (κ1) is 14.3. The third-order valence-corrected chi connectivity index (χ3v) is 3.31. The van der Waals surface area contributed by atoms with Crippen LogP contribution in [-0.2, 0) is 9.53 Å². The minimum Gasteiger partial charge on any atom is -0.383 e. The summed E-state index contributed by atoms with van der Waals surface area (Å²) in [6.45, 7) is 2.39. The SMILES string of the molecule is COC[C@H](C)NC(=O)CSc1ncccc1Cl. The standard InChI is InChI=1S/C11H15ClN2O2S/c1-8(6-16-2)14-10(15)7-17-11-9(12)4-3-5-13-11/h3-5,8H,6-7H2,1-2H3,(H,14,15)/t8-/m0/s1. The van der Waals surface area contributed by atoms with Crippen LogP contribution in [0.5, 0.6) is 0 Å². The van der Waals surface area contributed by atoms with Gasteiger partial charge in [-0.25, -0.2) is 4.98 Å². The highest BCUT2D eigenvalue weighted by Crippen LogP contribution is 2.23. The number of pyridine rings is 1. The lowest BCUT2D eigenvalue weighted by atomic mass is 10.3. The Labute approximate surface area is 110 Å². The Kier molecular flexibility index (Phi) is 6.32. The van der Waals surface area contributed by atoms with Crippen LogP contribution in [-0.4, -0.2) is 36.4 Å². The van der Waals surface area contributed by atoms with Crippen LogP contribution in [0, 0.1) is 0 Å².